The van der Waals surface area contributed by atoms with Crippen LogP contribution in [0.5, 0.6) is 0 Å². The second-order valence-corrected chi connectivity index (χ2v) is 8.54. The second kappa shape index (κ2) is 6.41. The first-order valence-electron chi connectivity index (χ1n) is 7.52. The Balaban J connectivity index is 2.09. The van der Waals surface area contributed by atoms with Gasteiger partial charge in [-0.15, -0.1) is 0 Å². The van der Waals surface area contributed by atoms with E-state index in [9.17, 15) is 18.1 Å². The van der Waals surface area contributed by atoms with Crippen LogP contribution in [0.2, 0.25) is 5.02 Å². The summed E-state index contributed by atoms with van der Waals surface area (Å²) in [6, 6.07) is 13.6. The molecule has 1 saturated carbocycles. The zero-order chi connectivity index (χ0) is 18.2. The molecule has 1 aliphatic rings. The molecule has 0 aliphatic heterocycles. The number of nitrogens with zero attached hydrogens (tertiary/aromatic N) is 1. The highest BCUT2D eigenvalue weighted by molar-refractivity contribution is 7.92. The minimum Gasteiger partial charge on any atom is -0.383 e. The Labute approximate surface area is 150 Å². The summed E-state index contributed by atoms with van der Waals surface area (Å²) in [7, 11) is -2.41. The zero-order valence-electron chi connectivity index (χ0n) is 13.3. The van der Waals surface area contributed by atoms with E-state index in [1.54, 1.807) is 6.07 Å². The lowest BCUT2D eigenvalue weighted by Crippen LogP contribution is -2.19. The molecule has 7 heteroatoms. The molecule has 2 aromatic rings. The van der Waals surface area contributed by atoms with Crippen LogP contribution in [0.15, 0.2) is 53.4 Å². The van der Waals surface area contributed by atoms with Crippen molar-refractivity contribution in [1.82, 2.24) is 0 Å². The molecular weight excluding hydrogens is 365 g/mol. The first-order valence-corrected chi connectivity index (χ1v) is 9.44. The van der Waals surface area contributed by atoms with Gasteiger partial charge in [-0.2, -0.15) is 5.26 Å². The highest BCUT2D eigenvalue weighted by Crippen LogP contribution is 2.63. The Morgan fingerprint density at radius 3 is 2.52 bits per heavy atom. The van der Waals surface area contributed by atoms with Crippen molar-refractivity contribution in [3.05, 3.63) is 64.9 Å². The molecule has 0 heterocycles. The largest absolute Gasteiger partial charge is 0.383 e. The van der Waals surface area contributed by atoms with Crippen molar-refractivity contribution in [3.8, 4) is 6.07 Å². The molecule has 2 aromatic carbocycles. The van der Waals surface area contributed by atoms with Crippen LogP contribution in [0.4, 0.5) is 4.39 Å². The number of hydrogen-bond acceptors (Lipinski definition) is 4. The zero-order valence-corrected chi connectivity index (χ0v) is 14.9. The van der Waals surface area contributed by atoms with Crippen LogP contribution in [-0.4, -0.2) is 27.4 Å². The van der Waals surface area contributed by atoms with Gasteiger partial charge in [0.15, 0.2) is 9.84 Å². The third kappa shape index (κ3) is 2.93. The fourth-order valence-corrected chi connectivity index (χ4v) is 5.82. The smallest absolute Gasteiger partial charge is 0.183 e. The summed E-state index contributed by atoms with van der Waals surface area (Å²) in [5.41, 5.74) is -0.776. The highest BCUT2D eigenvalue weighted by atomic mass is 35.5. The van der Waals surface area contributed by atoms with Crippen molar-refractivity contribution in [2.45, 2.75) is 16.1 Å². The van der Waals surface area contributed by atoms with Crippen LogP contribution in [0.3, 0.4) is 0 Å². The second-order valence-electron chi connectivity index (χ2n) is 6.04. The van der Waals surface area contributed by atoms with Crippen LogP contribution < -0.4 is 0 Å². The van der Waals surface area contributed by atoms with Gasteiger partial charge in [-0.3, -0.25) is 0 Å². The number of methoxy groups -OCH3 is 1. The van der Waals surface area contributed by atoms with Crippen molar-refractivity contribution in [3.63, 3.8) is 0 Å². The van der Waals surface area contributed by atoms with Crippen LogP contribution in [0.1, 0.15) is 11.5 Å². The summed E-state index contributed by atoms with van der Waals surface area (Å²) in [4.78, 5) is 0.0801. The van der Waals surface area contributed by atoms with Gasteiger partial charge in [0.2, 0.25) is 0 Å². The monoisotopic (exact) mass is 379 g/mol. The summed E-state index contributed by atoms with van der Waals surface area (Å²) in [5.74, 6) is -1.13. The van der Waals surface area contributed by atoms with E-state index in [-0.39, 0.29) is 11.5 Å². The van der Waals surface area contributed by atoms with Crippen molar-refractivity contribution in [2.24, 2.45) is 5.41 Å². The Morgan fingerprint density at radius 1 is 1.28 bits per heavy atom. The lowest BCUT2D eigenvalue weighted by atomic mass is 10.0. The van der Waals surface area contributed by atoms with Gasteiger partial charge in [0, 0.05) is 18.1 Å². The number of rotatable bonds is 5. The van der Waals surface area contributed by atoms with Gasteiger partial charge in [-0.05, 0) is 42.0 Å². The summed E-state index contributed by atoms with van der Waals surface area (Å²) in [5, 5.41) is 9.11. The van der Waals surface area contributed by atoms with Gasteiger partial charge >= 0.3 is 0 Å². The van der Waals surface area contributed by atoms with E-state index in [2.05, 4.69) is 6.07 Å². The number of halogens is 2. The van der Waals surface area contributed by atoms with Crippen LogP contribution in [-0.2, 0) is 14.6 Å². The highest BCUT2D eigenvalue weighted by Gasteiger charge is 2.72. The molecule has 0 saturated heterocycles. The number of sulfone groups is 1. The summed E-state index contributed by atoms with van der Waals surface area (Å²) in [6.07, 6.45) is 0. The standard InChI is InChI=1S/C18H15ClFNO3S/c1-24-11-18(10-21)16(12-3-2-4-14(20)9-12)17(18)25(22,23)15-7-5-13(19)6-8-15/h2-9,16-17H,11H2,1H3. The van der Waals surface area contributed by atoms with Gasteiger partial charge in [0.05, 0.1) is 22.8 Å². The summed E-state index contributed by atoms with van der Waals surface area (Å²) >= 11 is 5.82. The molecule has 3 atom stereocenters. The normalized spacial score (nSPS) is 25.4. The van der Waals surface area contributed by atoms with E-state index >= 15 is 0 Å². The van der Waals surface area contributed by atoms with Gasteiger partial charge in [0.1, 0.15) is 11.2 Å². The first kappa shape index (κ1) is 17.9. The van der Waals surface area contributed by atoms with Gasteiger partial charge in [-0.1, -0.05) is 23.7 Å². The predicted molar refractivity (Wildman–Crippen MR) is 91.5 cm³/mol. The number of ether oxygens (including phenoxy) is 1. The summed E-state index contributed by atoms with van der Waals surface area (Å²) < 4.78 is 44.9. The number of hydrogen-bond donors (Lipinski definition) is 0. The molecule has 0 bridgehead atoms. The average molecular weight is 380 g/mol. The molecule has 4 nitrogen and oxygen atoms in total. The molecule has 130 valence electrons. The fourth-order valence-electron chi connectivity index (χ4n) is 3.38. The topological polar surface area (TPSA) is 67.2 Å². The maximum Gasteiger partial charge on any atom is 0.183 e. The quantitative estimate of drug-likeness (QED) is 0.796. The molecule has 1 aliphatic carbocycles. The van der Waals surface area contributed by atoms with Gasteiger partial charge < -0.3 is 4.74 Å². The van der Waals surface area contributed by atoms with E-state index in [1.807, 2.05) is 0 Å². The Bertz CT molecular complexity index is 940. The molecule has 0 aromatic heterocycles. The fraction of sp³-hybridized carbons (Fsp3) is 0.278. The maximum atomic E-state index is 13.6. The molecule has 0 amide bonds. The maximum absolute atomic E-state index is 13.6. The minimum absolute atomic E-state index is 0.0534. The van der Waals surface area contributed by atoms with E-state index in [0.29, 0.717) is 10.6 Å². The minimum atomic E-state index is -3.82. The molecule has 3 rings (SSSR count). The molecule has 3 unspecified atom stereocenters. The lowest BCUT2D eigenvalue weighted by Gasteiger charge is -2.08. The van der Waals surface area contributed by atoms with E-state index < -0.39 is 32.2 Å². The van der Waals surface area contributed by atoms with Crippen molar-refractivity contribution in [2.75, 3.05) is 13.7 Å². The molecule has 1 fully saturated rings. The van der Waals surface area contributed by atoms with E-state index in [4.69, 9.17) is 16.3 Å². The summed E-state index contributed by atoms with van der Waals surface area (Å²) in [6.45, 7) is -0.0534. The molecule has 0 spiro atoms. The van der Waals surface area contributed by atoms with Crippen LogP contribution >= 0.6 is 11.6 Å². The van der Waals surface area contributed by atoms with E-state index in [1.165, 1.54) is 49.6 Å². The Morgan fingerprint density at radius 2 is 1.96 bits per heavy atom. The molecular formula is C18H15ClFNO3S. The Hall–Kier alpha value is -1.94. The lowest BCUT2D eigenvalue weighted by molar-refractivity contribution is 0.162. The predicted octanol–water partition coefficient (Wildman–Crippen LogP) is 3.58. The number of nitriles is 1. The number of benzene rings is 2. The molecule has 0 N–H and O–H groups in total. The van der Waals surface area contributed by atoms with Gasteiger partial charge in [-0.25, -0.2) is 12.8 Å². The third-order valence-electron chi connectivity index (χ3n) is 4.53. The van der Waals surface area contributed by atoms with Crippen molar-refractivity contribution < 1.29 is 17.5 Å². The van der Waals surface area contributed by atoms with Crippen molar-refractivity contribution >= 4 is 21.4 Å². The molecule has 0 radical (unpaired) electrons. The van der Waals surface area contributed by atoms with E-state index in [0.717, 1.165) is 0 Å². The van der Waals surface area contributed by atoms with Crippen molar-refractivity contribution in [1.29, 1.82) is 5.26 Å². The third-order valence-corrected chi connectivity index (χ3v) is 7.07. The van der Waals surface area contributed by atoms with Crippen LogP contribution in [0.25, 0.3) is 0 Å². The molecule has 25 heavy (non-hydrogen) atoms. The SMILES string of the molecule is COCC1(C#N)C(c2cccc(F)c2)C1S(=O)(=O)c1ccc(Cl)cc1. The first-order chi connectivity index (χ1) is 11.9. The Kier molecular flexibility index (Phi) is 4.58. The van der Waals surface area contributed by atoms with Crippen LogP contribution in [0, 0.1) is 22.6 Å². The average Bonchev–Trinajstić information content (AvgIpc) is 3.26. The van der Waals surface area contributed by atoms with Gasteiger partial charge in [0.25, 0.3) is 0 Å².